The molecule has 2 unspecified atom stereocenters. The topological polar surface area (TPSA) is 43.7 Å². The van der Waals surface area contributed by atoms with E-state index in [2.05, 4.69) is 11.8 Å². The summed E-state index contributed by atoms with van der Waals surface area (Å²) < 4.78 is 0. The molecule has 1 aromatic carbocycles. The average Bonchev–Trinajstić information content (AvgIpc) is 2.59. The molecule has 0 aliphatic carbocycles. The zero-order valence-corrected chi connectivity index (χ0v) is 9.63. The number of aromatic hydroxyl groups is 1. The van der Waals surface area contributed by atoms with E-state index >= 15 is 0 Å². The number of benzene rings is 1. The third kappa shape index (κ3) is 2.36. The van der Waals surface area contributed by atoms with Gasteiger partial charge in [0.05, 0.1) is 6.61 Å². The van der Waals surface area contributed by atoms with Gasteiger partial charge < -0.3 is 10.2 Å². The lowest BCUT2D eigenvalue weighted by atomic mass is 10.0. The zero-order chi connectivity index (χ0) is 11.5. The molecule has 1 aliphatic heterocycles. The highest BCUT2D eigenvalue weighted by Gasteiger charge is 2.30. The SMILES string of the molecule is CC1CCN(Cc2cccc(O)c2)C1CO. The number of phenolic OH excluding ortho intramolecular Hbond substituents is 1. The second kappa shape index (κ2) is 4.85. The largest absolute Gasteiger partial charge is 0.508 e. The van der Waals surface area contributed by atoms with Crippen molar-refractivity contribution >= 4 is 0 Å². The van der Waals surface area contributed by atoms with Crippen molar-refractivity contribution in [2.45, 2.75) is 25.9 Å². The molecular formula is C13H19NO2. The van der Waals surface area contributed by atoms with Crippen LogP contribution in [0.3, 0.4) is 0 Å². The van der Waals surface area contributed by atoms with Gasteiger partial charge in [0.2, 0.25) is 0 Å². The van der Waals surface area contributed by atoms with Crippen LogP contribution in [-0.2, 0) is 6.54 Å². The fourth-order valence-corrected chi connectivity index (χ4v) is 2.47. The number of nitrogens with zero attached hydrogens (tertiary/aromatic N) is 1. The molecule has 2 N–H and O–H groups in total. The molecule has 3 heteroatoms. The van der Waals surface area contributed by atoms with Crippen molar-refractivity contribution in [1.29, 1.82) is 0 Å². The molecule has 2 atom stereocenters. The van der Waals surface area contributed by atoms with Gasteiger partial charge in [-0.25, -0.2) is 0 Å². The minimum Gasteiger partial charge on any atom is -0.508 e. The molecule has 1 fully saturated rings. The van der Waals surface area contributed by atoms with Crippen molar-refractivity contribution in [2.75, 3.05) is 13.2 Å². The Morgan fingerprint density at radius 2 is 2.25 bits per heavy atom. The lowest BCUT2D eigenvalue weighted by Crippen LogP contribution is -2.34. The summed E-state index contributed by atoms with van der Waals surface area (Å²) in [6, 6.07) is 7.61. The van der Waals surface area contributed by atoms with Crippen molar-refractivity contribution in [3.63, 3.8) is 0 Å². The van der Waals surface area contributed by atoms with E-state index in [0.29, 0.717) is 11.7 Å². The fourth-order valence-electron chi connectivity index (χ4n) is 2.47. The molecule has 0 radical (unpaired) electrons. The standard InChI is InChI=1S/C13H19NO2/c1-10-5-6-14(13(10)9-15)8-11-3-2-4-12(16)7-11/h2-4,7,10,13,15-16H,5-6,8-9H2,1H3. The van der Waals surface area contributed by atoms with Gasteiger partial charge in [0, 0.05) is 12.6 Å². The van der Waals surface area contributed by atoms with Crippen LogP contribution in [0.2, 0.25) is 0 Å². The summed E-state index contributed by atoms with van der Waals surface area (Å²) in [6.45, 7) is 4.25. The van der Waals surface area contributed by atoms with Gasteiger partial charge in [-0.15, -0.1) is 0 Å². The van der Waals surface area contributed by atoms with E-state index in [1.807, 2.05) is 12.1 Å². The third-order valence-electron chi connectivity index (χ3n) is 3.48. The summed E-state index contributed by atoms with van der Waals surface area (Å²) >= 11 is 0. The quantitative estimate of drug-likeness (QED) is 0.814. The van der Waals surface area contributed by atoms with Gasteiger partial charge >= 0.3 is 0 Å². The van der Waals surface area contributed by atoms with Crippen molar-refractivity contribution in [1.82, 2.24) is 4.90 Å². The van der Waals surface area contributed by atoms with E-state index in [9.17, 15) is 10.2 Å². The van der Waals surface area contributed by atoms with Crippen molar-refractivity contribution in [3.05, 3.63) is 29.8 Å². The molecule has 3 nitrogen and oxygen atoms in total. The van der Waals surface area contributed by atoms with E-state index in [0.717, 1.165) is 25.1 Å². The number of hydrogen-bond donors (Lipinski definition) is 2. The number of likely N-dealkylation sites (tertiary alicyclic amines) is 1. The highest BCUT2D eigenvalue weighted by Crippen LogP contribution is 2.25. The van der Waals surface area contributed by atoms with Crippen LogP contribution in [0.1, 0.15) is 18.9 Å². The first-order chi connectivity index (χ1) is 7.70. The molecule has 1 aliphatic rings. The van der Waals surface area contributed by atoms with Crippen LogP contribution in [0.5, 0.6) is 5.75 Å². The highest BCUT2D eigenvalue weighted by atomic mass is 16.3. The molecule has 0 aromatic heterocycles. The van der Waals surface area contributed by atoms with Crippen molar-refractivity contribution in [3.8, 4) is 5.75 Å². The molecule has 0 bridgehead atoms. The third-order valence-corrected chi connectivity index (χ3v) is 3.48. The first-order valence-corrected chi connectivity index (χ1v) is 5.83. The van der Waals surface area contributed by atoms with Crippen LogP contribution in [-0.4, -0.2) is 34.3 Å². The van der Waals surface area contributed by atoms with Gasteiger partial charge in [0.15, 0.2) is 0 Å². The van der Waals surface area contributed by atoms with E-state index < -0.39 is 0 Å². The Morgan fingerprint density at radius 3 is 2.94 bits per heavy atom. The Kier molecular flexibility index (Phi) is 3.46. The maximum absolute atomic E-state index is 9.39. The summed E-state index contributed by atoms with van der Waals surface area (Å²) in [5, 5.41) is 18.7. The second-order valence-corrected chi connectivity index (χ2v) is 4.66. The second-order valence-electron chi connectivity index (χ2n) is 4.66. The maximum atomic E-state index is 9.39. The fraction of sp³-hybridized carbons (Fsp3) is 0.538. The van der Waals surface area contributed by atoms with Gasteiger partial charge in [-0.2, -0.15) is 0 Å². The Balaban J connectivity index is 2.04. The van der Waals surface area contributed by atoms with E-state index in [1.165, 1.54) is 0 Å². The number of phenols is 1. The monoisotopic (exact) mass is 221 g/mol. The summed E-state index contributed by atoms with van der Waals surface area (Å²) in [6.07, 6.45) is 1.14. The van der Waals surface area contributed by atoms with Crippen LogP contribution >= 0.6 is 0 Å². The predicted octanol–water partition coefficient (Wildman–Crippen LogP) is 1.59. The van der Waals surface area contributed by atoms with Crippen molar-refractivity contribution < 1.29 is 10.2 Å². The normalized spacial score (nSPS) is 26.1. The van der Waals surface area contributed by atoms with Gasteiger partial charge in [-0.3, -0.25) is 4.90 Å². The number of aliphatic hydroxyl groups is 1. The summed E-state index contributed by atoms with van der Waals surface area (Å²) in [4.78, 5) is 2.29. The highest BCUT2D eigenvalue weighted by molar-refractivity contribution is 5.27. The zero-order valence-electron chi connectivity index (χ0n) is 9.63. The van der Waals surface area contributed by atoms with Gasteiger partial charge in [-0.1, -0.05) is 19.1 Å². The maximum Gasteiger partial charge on any atom is 0.115 e. The first-order valence-electron chi connectivity index (χ1n) is 5.83. The molecule has 0 spiro atoms. The summed E-state index contributed by atoms with van der Waals surface area (Å²) in [5.41, 5.74) is 1.10. The average molecular weight is 221 g/mol. The molecule has 1 heterocycles. The lowest BCUT2D eigenvalue weighted by Gasteiger charge is -2.25. The molecule has 2 rings (SSSR count). The van der Waals surface area contributed by atoms with Crippen LogP contribution in [0.4, 0.5) is 0 Å². The molecule has 0 amide bonds. The Hall–Kier alpha value is -1.06. The van der Waals surface area contributed by atoms with Crippen LogP contribution in [0.25, 0.3) is 0 Å². The smallest absolute Gasteiger partial charge is 0.115 e. The van der Waals surface area contributed by atoms with Gasteiger partial charge in [-0.05, 0) is 36.6 Å². The molecule has 1 aromatic rings. The molecular weight excluding hydrogens is 202 g/mol. The van der Waals surface area contributed by atoms with Crippen LogP contribution in [0, 0.1) is 5.92 Å². The number of hydrogen-bond acceptors (Lipinski definition) is 3. The lowest BCUT2D eigenvalue weighted by molar-refractivity contribution is 0.134. The van der Waals surface area contributed by atoms with E-state index in [-0.39, 0.29) is 12.6 Å². The molecule has 88 valence electrons. The van der Waals surface area contributed by atoms with Gasteiger partial charge in [0.1, 0.15) is 5.75 Å². The summed E-state index contributed by atoms with van der Waals surface area (Å²) in [7, 11) is 0. The molecule has 0 saturated carbocycles. The van der Waals surface area contributed by atoms with Gasteiger partial charge in [0.25, 0.3) is 0 Å². The van der Waals surface area contributed by atoms with E-state index in [1.54, 1.807) is 12.1 Å². The number of rotatable bonds is 3. The minimum absolute atomic E-state index is 0.222. The van der Waals surface area contributed by atoms with Crippen LogP contribution < -0.4 is 0 Å². The van der Waals surface area contributed by atoms with Crippen molar-refractivity contribution in [2.24, 2.45) is 5.92 Å². The minimum atomic E-state index is 0.222. The molecule has 1 saturated heterocycles. The first kappa shape index (κ1) is 11.4. The van der Waals surface area contributed by atoms with Crippen LogP contribution in [0.15, 0.2) is 24.3 Å². The Morgan fingerprint density at radius 1 is 1.44 bits per heavy atom. The Labute approximate surface area is 96.3 Å². The molecule has 16 heavy (non-hydrogen) atoms. The summed E-state index contributed by atoms with van der Waals surface area (Å²) in [5.74, 6) is 0.868. The predicted molar refractivity (Wildman–Crippen MR) is 63.2 cm³/mol. The van der Waals surface area contributed by atoms with E-state index in [4.69, 9.17) is 0 Å². The Bertz CT molecular complexity index is 354. The number of aliphatic hydroxyl groups excluding tert-OH is 1.